The Labute approximate surface area is 120 Å². The molecule has 7 heteroatoms. The van der Waals surface area contributed by atoms with Gasteiger partial charge in [-0.25, -0.2) is 13.1 Å². The summed E-state index contributed by atoms with van der Waals surface area (Å²) in [7, 11) is -3.56. The predicted octanol–water partition coefficient (Wildman–Crippen LogP) is 2.12. The Morgan fingerprint density at radius 2 is 2.17 bits per heavy atom. The summed E-state index contributed by atoms with van der Waals surface area (Å²) in [6.07, 6.45) is 2.07. The Morgan fingerprint density at radius 3 is 2.67 bits per heavy atom. The van der Waals surface area contributed by atoms with E-state index in [1.165, 1.54) is 6.07 Å². The molecule has 1 aliphatic rings. The fraction of sp³-hybridized carbons (Fsp3) is 0.455. The van der Waals surface area contributed by atoms with E-state index in [4.69, 9.17) is 17.3 Å². The summed E-state index contributed by atoms with van der Waals surface area (Å²) in [6.45, 7) is 0.315. The molecule has 0 radical (unpaired) electrons. The minimum absolute atomic E-state index is 0.183. The molecule has 0 aliphatic heterocycles. The van der Waals surface area contributed by atoms with Crippen LogP contribution >= 0.6 is 27.5 Å². The first-order valence-electron chi connectivity index (χ1n) is 5.61. The van der Waals surface area contributed by atoms with E-state index in [0.29, 0.717) is 22.0 Å². The molecule has 1 aromatic carbocycles. The summed E-state index contributed by atoms with van der Waals surface area (Å²) in [5, 5.41) is 0.485. The fourth-order valence-electron chi connectivity index (χ4n) is 1.79. The maximum atomic E-state index is 12.2. The monoisotopic (exact) mass is 352 g/mol. The molecular formula is C11H14BrClN2O2S. The third-order valence-electron chi connectivity index (χ3n) is 2.93. The Morgan fingerprint density at radius 1 is 1.50 bits per heavy atom. The van der Waals surface area contributed by atoms with Crippen molar-refractivity contribution in [3.8, 4) is 0 Å². The van der Waals surface area contributed by atoms with Crippen molar-refractivity contribution in [1.29, 1.82) is 0 Å². The maximum absolute atomic E-state index is 12.2. The molecule has 18 heavy (non-hydrogen) atoms. The van der Waals surface area contributed by atoms with Gasteiger partial charge in [-0.1, -0.05) is 11.6 Å². The van der Waals surface area contributed by atoms with Gasteiger partial charge in [0, 0.05) is 22.1 Å². The van der Waals surface area contributed by atoms with E-state index < -0.39 is 10.0 Å². The van der Waals surface area contributed by atoms with Crippen molar-refractivity contribution in [1.82, 2.24) is 4.72 Å². The molecular weight excluding hydrogens is 340 g/mol. The number of halogens is 2. The molecule has 3 N–H and O–H groups in total. The molecule has 2 rings (SSSR count). The second-order valence-corrected chi connectivity index (χ2v) is 7.35. The van der Waals surface area contributed by atoms with E-state index in [1.807, 2.05) is 0 Å². The Balaban J connectivity index is 2.24. The van der Waals surface area contributed by atoms with Crippen molar-refractivity contribution >= 4 is 37.6 Å². The molecule has 0 heterocycles. The standard InChI is InChI=1S/C11H14BrClN2O2S/c12-9-5-8(13)3-4-11(9)18(16,17)15-10(6-14)7-1-2-7/h3-5,7,10,15H,1-2,6,14H2. The normalized spacial score (nSPS) is 17.7. The van der Waals surface area contributed by atoms with E-state index in [9.17, 15) is 8.42 Å². The molecule has 4 nitrogen and oxygen atoms in total. The first kappa shape index (κ1) is 14.3. The lowest BCUT2D eigenvalue weighted by Crippen LogP contribution is -2.41. The Kier molecular flexibility index (Phi) is 4.33. The van der Waals surface area contributed by atoms with Crippen LogP contribution in [0.1, 0.15) is 12.8 Å². The van der Waals surface area contributed by atoms with Gasteiger partial charge in [-0.2, -0.15) is 0 Å². The van der Waals surface area contributed by atoms with Crippen LogP contribution in [0.4, 0.5) is 0 Å². The van der Waals surface area contributed by atoms with Crippen LogP contribution in [0.25, 0.3) is 0 Å². The summed E-state index contributed by atoms with van der Waals surface area (Å²) < 4.78 is 27.6. The summed E-state index contributed by atoms with van der Waals surface area (Å²) in [6, 6.07) is 4.41. The molecule has 1 unspecified atom stereocenters. The van der Waals surface area contributed by atoms with Crippen LogP contribution in [0.5, 0.6) is 0 Å². The van der Waals surface area contributed by atoms with Gasteiger partial charge in [0.15, 0.2) is 0 Å². The highest BCUT2D eigenvalue weighted by Gasteiger charge is 2.33. The molecule has 0 spiro atoms. The lowest BCUT2D eigenvalue weighted by molar-refractivity contribution is 0.519. The summed E-state index contributed by atoms with van der Waals surface area (Å²) in [4.78, 5) is 0.186. The van der Waals surface area contributed by atoms with Gasteiger partial charge >= 0.3 is 0 Å². The van der Waals surface area contributed by atoms with Crippen LogP contribution in [-0.2, 0) is 10.0 Å². The Bertz CT molecular complexity index is 546. The topological polar surface area (TPSA) is 72.2 Å². The van der Waals surface area contributed by atoms with E-state index in [1.54, 1.807) is 12.1 Å². The van der Waals surface area contributed by atoms with Crippen LogP contribution in [0.15, 0.2) is 27.6 Å². The van der Waals surface area contributed by atoms with Crippen molar-refractivity contribution in [2.75, 3.05) is 6.54 Å². The van der Waals surface area contributed by atoms with Crippen molar-refractivity contribution < 1.29 is 8.42 Å². The van der Waals surface area contributed by atoms with Gasteiger partial charge in [-0.05, 0) is 52.9 Å². The van der Waals surface area contributed by atoms with Gasteiger partial charge in [0.05, 0.1) is 4.90 Å². The third kappa shape index (κ3) is 3.24. The number of hydrogen-bond donors (Lipinski definition) is 2. The lowest BCUT2D eigenvalue weighted by Gasteiger charge is -2.16. The van der Waals surface area contributed by atoms with Gasteiger partial charge in [0.2, 0.25) is 10.0 Å². The zero-order valence-electron chi connectivity index (χ0n) is 9.57. The smallest absolute Gasteiger partial charge is 0.241 e. The van der Waals surface area contributed by atoms with Gasteiger partial charge in [-0.15, -0.1) is 0 Å². The molecule has 100 valence electrons. The number of nitrogens with one attached hydrogen (secondary N) is 1. The molecule has 0 saturated heterocycles. The number of hydrogen-bond acceptors (Lipinski definition) is 3. The number of nitrogens with two attached hydrogens (primary N) is 1. The minimum atomic E-state index is -3.56. The SMILES string of the molecule is NCC(NS(=O)(=O)c1ccc(Cl)cc1Br)C1CC1. The average molecular weight is 354 g/mol. The second kappa shape index (κ2) is 5.46. The van der Waals surface area contributed by atoms with E-state index in [0.717, 1.165) is 12.8 Å². The van der Waals surface area contributed by atoms with Gasteiger partial charge in [0.1, 0.15) is 0 Å². The van der Waals surface area contributed by atoms with Crippen LogP contribution < -0.4 is 10.5 Å². The zero-order chi connectivity index (χ0) is 13.3. The van der Waals surface area contributed by atoms with E-state index in [2.05, 4.69) is 20.7 Å². The van der Waals surface area contributed by atoms with Crippen molar-refractivity contribution in [3.63, 3.8) is 0 Å². The largest absolute Gasteiger partial charge is 0.329 e. The highest BCUT2D eigenvalue weighted by Crippen LogP contribution is 2.33. The first-order chi connectivity index (χ1) is 8.44. The average Bonchev–Trinajstić information content (AvgIpc) is 3.09. The van der Waals surface area contributed by atoms with E-state index >= 15 is 0 Å². The quantitative estimate of drug-likeness (QED) is 0.851. The fourth-order valence-corrected chi connectivity index (χ4v) is 4.49. The minimum Gasteiger partial charge on any atom is -0.329 e. The van der Waals surface area contributed by atoms with Gasteiger partial charge in [0.25, 0.3) is 0 Å². The number of benzene rings is 1. The molecule has 1 aliphatic carbocycles. The summed E-state index contributed by atoms with van der Waals surface area (Å²) >= 11 is 9.01. The highest BCUT2D eigenvalue weighted by atomic mass is 79.9. The number of sulfonamides is 1. The molecule has 0 bridgehead atoms. The third-order valence-corrected chi connectivity index (χ3v) is 5.64. The van der Waals surface area contributed by atoms with Crippen molar-refractivity contribution in [2.24, 2.45) is 11.7 Å². The lowest BCUT2D eigenvalue weighted by atomic mass is 10.2. The van der Waals surface area contributed by atoms with Crippen molar-refractivity contribution in [2.45, 2.75) is 23.8 Å². The maximum Gasteiger partial charge on any atom is 0.241 e. The molecule has 0 amide bonds. The van der Waals surface area contributed by atoms with Crippen LogP contribution in [-0.4, -0.2) is 21.0 Å². The summed E-state index contributed by atoms with van der Waals surface area (Å²) in [5.41, 5.74) is 5.60. The highest BCUT2D eigenvalue weighted by molar-refractivity contribution is 9.10. The second-order valence-electron chi connectivity index (χ2n) is 4.38. The first-order valence-corrected chi connectivity index (χ1v) is 8.27. The molecule has 1 saturated carbocycles. The Hall–Kier alpha value is -0.140. The molecule has 1 atom stereocenters. The summed E-state index contributed by atoms with van der Waals surface area (Å²) in [5.74, 6) is 0.371. The van der Waals surface area contributed by atoms with Crippen LogP contribution in [0, 0.1) is 5.92 Å². The van der Waals surface area contributed by atoms with E-state index in [-0.39, 0.29) is 10.9 Å². The molecule has 1 fully saturated rings. The van der Waals surface area contributed by atoms with Gasteiger partial charge in [-0.3, -0.25) is 0 Å². The van der Waals surface area contributed by atoms with Crippen LogP contribution in [0.3, 0.4) is 0 Å². The van der Waals surface area contributed by atoms with Crippen LogP contribution in [0.2, 0.25) is 5.02 Å². The predicted molar refractivity (Wildman–Crippen MR) is 75.0 cm³/mol. The molecule has 0 aromatic heterocycles. The van der Waals surface area contributed by atoms with Crippen molar-refractivity contribution in [3.05, 3.63) is 27.7 Å². The zero-order valence-corrected chi connectivity index (χ0v) is 12.7. The van der Waals surface area contributed by atoms with Gasteiger partial charge < -0.3 is 5.73 Å². The number of rotatable bonds is 5. The molecule has 1 aromatic rings.